The number of anilines is 1. The van der Waals surface area contributed by atoms with E-state index in [2.05, 4.69) is 16.4 Å². The summed E-state index contributed by atoms with van der Waals surface area (Å²) in [4.78, 5) is 34.1. The molecule has 2 aromatic rings. The van der Waals surface area contributed by atoms with Crippen molar-refractivity contribution >= 4 is 28.0 Å². The fourth-order valence-electron chi connectivity index (χ4n) is 5.58. The molecule has 2 aliphatic carbocycles. The molecule has 4 aliphatic rings. The van der Waals surface area contributed by atoms with Gasteiger partial charge < -0.3 is 5.32 Å². The number of amides is 1. The Labute approximate surface area is 190 Å². The van der Waals surface area contributed by atoms with E-state index in [0.29, 0.717) is 23.4 Å². The lowest BCUT2D eigenvalue weighted by Crippen LogP contribution is -2.46. The van der Waals surface area contributed by atoms with Crippen LogP contribution in [0.5, 0.6) is 0 Å². The molecule has 0 radical (unpaired) electrons. The SMILES string of the molecule is N#CC1=C2NC(=O)c3c(sc4c3CCCCC4)N2C2=C(C(=O)CCC2)[C@@H]1c1cccnc1. The van der Waals surface area contributed by atoms with E-state index in [4.69, 9.17) is 0 Å². The minimum absolute atomic E-state index is 0.0865. The molecule has 0 bridgehead atoms. The monoisotopic (exact) mass is 442 g/mol. The predicted octanol–water partition coefficient (Wildman–Crippen LogP) is 4.50. The highest BCUT2D eigenvalue weighted by Gasteiger charge is 2.45. The Morgan fingerprint density at radius 3 is 2.81 bits per heavy atom. The summed E-state index contributed by atoms with van der Waals surface area (Å²) in [5.74, 6) is -0.0240. The summed E-state index contributed by atoms with van der Waals surface area (Å²) in [6.07, 6.45) is 10.7. The van der Waals surface area contributed by atoms with E-state index in [9.17, 15) is 14.9 Å². The first-order valence-corrected chi connectivity index (χ1v) is 12.1. The molecule has 0 unspecified atom stereocenters. The Bertz CT molecular complexity index is 1260. The molecule has 2 aromatic heterocycles. The number of rotatable bonds is 1. The molecule has 0 spiro atoms. The molecule has 1 atom stereocenters. The fourth-order valence-corrected chi connectivity index (χ4v) is 7.00. The zero-order valence-electron chi connectivity index (χ0n) is 17.6. The number of carbonyl (C=O) groups excluding carboxylic acids is 2. The number of fused-ring (bicyclic) bond motifs is 6. The molecule has 0 saturated heterocycles. The Morgan fingerprint density at radius 1 is 1.12 bits per heavy atom. The third kappa shape index (κ3) is 2.72. The lowest BCUT2D eigenvalue weighted by atomic mass is 9.75. The molecule has 160 valence electrons. The second-order valence-corrected chi connectivity index (χ2v) is 9.85. The molecular weight excluding hydrogens is 420 g/mol. The molecular formula is C25H22N4O2S. The van der Waals surface area contributed by atoms with Gasteiger partial charge in [0.05, 0.1) is 23.1 Å². The zero-order chi connectivity index (χ0) is 21.8. The minimum atomic E-state index is -0.498. The average molecular weight is 443 g/mol. The number of nitriles is 1. The van der Waals surface area contributed by atoms with Crippen LogP contribution in [0.15, 0.2) is 47.2 Å². The Hall–Kier alpha value is -3.24. The van der Waals surface area contributed by atoms with Crippen molar-refractivity contribution in [2.45, 2.75) is 57.3 Å². The summed E-state index contributed by atoms with van der Waals surface area (Å²) < 4.78 is 0. The van der Waals surface area contributed by atoms with Gasteiger partial charge in [-0.15, -0.1) is 11.3 Å². The lowest BCUT2D eigenvalue weighted by molar-refractivity contribution is -0.116. The smallest absolute Gasteiger partial charge is 0.260 e. The van der Waals surface area contributed by atoms with Crippen LogP contribution in [-0.4, -0.2) is 16.7 Å². The second-order valence-electron chi connectivity index (χ2n) is 8.76. The number of nitrogens with zero attached hydrogens (tertiary/aromatic N) is 3. The zero-order valence-corrected chi connectivity index (χ0v) is 18.4. The van der Waals surface area contributed by atoms with E-state index >= 15 is 0 Å². The molecule has 32 heavy (non-hydrogen) atoms. The number of allylic oxidation sites excluding steroid dienone is 3. The van der Waals surface area contributed by atoms with Gasteiger partial charge in [-0.25, -0.2) is 0 Å². The minimum Gasteiger partial charge on any atom is -0.307 e. The van der Waals surface area contributed by atoms with Crippen LogP contribution in [0.1, 0.15) is 70.8 Å². The third-order valence-electron chi connectivity index (χ3n) is 6.96. The number of carbonyl (C=O) groups is 2. The van der Waals surface area contributed by atoms with E-state index in [1.807, 2.05) is 17.0 Å². The van der Waals surface area contributed by atoms with Crippen molar-refractivity contribution in [3.63, 3.8) is 0 Å². The van der Waals surface area contributed by atoms with Crippen molar-refractivity contribution in [1.82, 2.24) is 10.3 Å². The van der Waals surface area contributed by atoms with Gasteiger partial charge in [-0.1, -0.05) is 12.5 Å². The van der Waals surface area contributed by atoms with E-state index in [-0.39, 0.29) is 11.7 Å². The molecule has 0 saturated carbocycles. The summed E-state index contributed by atoms with van der Waals surface area (Å²) in [5, 5.41) is 14.2. The van der Waals surface area contributed by atoms with Crippen molar-refractivity contribution in [1.29, 1.82) is 5.26 Å². The van der Waals surface area contributed by atoms with Gasteiger partial charge in [0.25, 0.3) is 5.91 Å². The highest BCUT2D eigenvalue weighted by Crippen LogP contribution is 2.52. The van der Waals surface area contributed by atoms with Gasteiger partial charge in [0.2, 0.25) is 0 Å². The van der Waals surface area contributed by atoms with Gasteiger partial charge in [-0.2, -0.15) is 5.26 Å². The fraction of sp³-hybridized carbons (Fsp3) is 0.360. The number of Topliss-reactive ketones (excluding diaryl/α,β-unsaturated/α-hetero) is 1. The van der Waals surface area contributed by atoms with Gasteiger partial charge in [0.15, 0.2) is 5.78 Å². The first-order chi connectivity index (χ1) is 15.7. The number of pyridine rings is 1. The van der Waals surface area contributed by atoms with Crippen LogP contribution >= 0.6 is 11.3 Å². The average Bonchev–Trinajstić information content (AvgIpc) is 3.02. The lowest BCUT2D eigenvalue weighted by Gasteiger charge is -2.42. The number of hydrogen-bond acceptors (Lipinski definition) is 6. The van der Waals surface area contributed by atoms with E-state index < -0.39 is 5.92 Å². The Morgan fingerprint density at radius 2 is 2.00 bits per heavy atom. The summed E-state index contributed by atoms with van der Waals surface area (Å²) in [6.45, 7) is 0. The summed E-state index contributed by atoms with van der Waals surface area (Å²) in [5.41, 5.74) is 4.75. The van der Waals surface area contributed by atoms with E-state index in [1.165, 1.54) is 11.3 Å². The van der Waals surface area contributed by atoms with E-state index in [0.717, 1.165) is 65.9 Å². The number of thiophene rings is 1. The standard InChI is InChI=1S/C25H22N4O2S/c26-12-16-20(14-6-5-11-27-13-14)22-17(8-4-9-18(22)30)29-23(16)28-24(31)21-15-7-2-1-3-10-19(15)32-25(21)29/h5-6,11,13,20H,1-4,7-10H2,(H,28,31)/t20-/m1/s1. The number of aryl methyl sites for hydroxylation is 1. The van der Waals surface area contributed by atoms with Crippen molar-refractivity contribution in [3.05, 3.63) is 68.8 Å². The van der Waals surface area contributed by atoms with Crippen molar-refractivity contribution in [3.8, 4) is 6.07 Å². The highest BCUT2D eigenvalue weighted by atomic mass is 32.1. The molecule has 2 aliphatic heterocycles. The first-order valence-electron chi connectivity index (χ1n) is 11.3. The van der Waals surface area contributed by atoms with Crippen molar-refractivity contribution in [2.75, 3.05) is 4.90 Å². The van der Waals surface area contributed by atoms with E-state index in [1.54, 1.807) is 23.7 Å². The van der Waals surface area contributed by atoms with Crippen molar-refractivity contribution in [2.24, 2.45) is 0 Å². The molecule has 4 heterocycles. The van der Waals surface area contributed by atoms with Crippen LogP contribution in [0, 0.1) is 11.3 Å². The topological polar surface area (TPSA) is 86.1 Å². The highest BCUT2D eigenvalue weighted by molar-refractivity contribution is 7.17. The second kappa shape index (κ2) is 7.42. The van der Waals surface area contributed by atoms with Crippen LogP contribution in [0.4, 0.5) is 5.00 Å². The summed E-state index contributed by atoms with van der Waals surface area (Å²) in [7, 11) is 0. The molecule has 1 amide bonds. The largest absolute Gasteiger partial charge is 0.307 e. The summed E-state index contributed by atoms with van der Waals surface area (Å²) >= 11 is 1.67. The maximum absolute atomic E-state index is 13.3. The normalized spacial score (nSPS) is 22.3. The van der Waals surface area contributed by atoms with Gasteiger partial charge in [-0.3, -0.25) is 19.5 Å². The maximum atomic E-state index is 13.3. The Kier molecular flexibility index (Phi) is 4.51. The number of hydrogen-bond donors (Lipinski definition) is 1. The molecule has 6 rings (SSSR count). The third-order valence-corrected chi connectivity index (χ3v) is 8.23. The maximum Gasteiger partial charge on any atom is 0.260 e. The van der Waals surface area contributed by atoms with Gasteiger partial charge in [-0.05, 0) is 55.7 Å². The van der Waals surface area contributed by atoms with Crippen LogP contribution in [0.2, 0.25) is 0 Å². The van der Waals surface area contributed by atoms with Crippen LogP contribution < -0.4 is 10.2 Å². The molecule has 1 N–H and O–H groups in total. The number of ketones is 1. The van der Waals surface area contributed by atoms with Gasteiger partial charge >= 0.3 is 0 Å². The van der Waals surface area contributed by atoms with Gasteiger partial charge in [0.1, 0.15) is 10.8 Å². The molecule has 0 fully saturated rings. The van der Waals surface area contributed by atoms with Crippen LogP contribution in [0.25, 0.3) is 0 Å². The Balaban J connectivity index is 1.62. The number of nitrogens with one attached hydrogen (secondary N) is 1. The molecule has 6 nitrogen and oxygen atoms in total. The quantitative estimate of drug-likeness (QED) is 0.657. The van der Waals surface area contributed by atoms with Crippen LogP contribution in [-0.2, 0) is 17.6 Å². The summed E-state index contributed by atoms with van der Waals surface area (Å²) in [6, 6.07) is 6.07. The van der Waals surface area contributed by atoms with Crippen LogP contribution in [0.3, 0.4) is 0 Å². The first kappa shape index (κ1) is 19.4. The van der Waals surface area contributed by atoms with Gasteiger partial charge in [0, 0.05) is 35.0 Å². The number of aromatic nitrogens is 1. The molecule has 7 heteroatoms. The predicted molar refractivity (Wildman–Crippen MR) is 121 cm³/mol. The van der Waals surface area contributed by atoms with Crippen molar-refractivity contribution < 1.29 is 9.59 Å². The molecule has 0 aromatic carbocycles.